The third-order valence-corrected chi connectivity index (χ3v) is 1.90. The van der Waals surface area contributed by atoms with E-state index < -0.39 is 12.8 Å². The van der Waals surface area contributed by atoms with Crippen LogP contribution in [0.15, 0.2) is 36.8 Å². The number of nitrogens with zero attached hydrogens (tertiary/aromatic N) is 1. The minimum absolute atomic E-state index is 0.103. The summed E-state index contributed by atoms with van der Waals surface area (Å²) in [7, 11) is 0. The van der Waals surface area contributed by atoms with Crippen LogP contribution in [-0.4, -0.2) is 22.8 Å². The van der Waals surface area contributed by atoms with Gasteiger partial charge in [0.15, 0.2) is 6.61 Å². The number of nitrogens with one attached hydrogen (secondary N) is 1. The van der Waals surface area contributed by atoms with Gasteiger partial charge in [-0.1, -0.05) is 0 Å². The molecule has 96 valence electrons. The molecular formula is C11H9F3N2O2. The summed E-state index contributed by atoms with van der Waals surface area (Å²) in [4.78, 5) is 6.51. The molecule has 0 atom stereocenters. The van der Waals surface area contributed by atoms with Crippen LogP contribution in [0.25, 0.3) is 0 Å². The number of pyridine rings is 1. The monoisotopic (exact) mass is 258 g/mol. The molecular weight excluding hydrogens is 249 g/mol. The highest BCUT2D eigenvalue weighted by molar-refractivity contribution is 5.29. The molecule has 0 spiro atoms. The van der Waals surface area contributed by atoms with Gasteiger partial charge in [-0.25, -0.2) is 4.98 Å². The minimum atomic E-state index is -4.37. The summed E-state index contributed by atoms with van der Waals surface area (Å²) in [6, 6.07) is 4.49. The number of aromatic nitrogens is 2. The van der Waals surface area contributed by atoms with Crippen molar-refractivity contribution in [3.05, 3.63) is 36.8 Å². The molecule has 0 radical (unpaired) electrons. The molecule has 0 saturated heterocycles. The molecule has 4 nitrogen and oxygen atoms in total. The van der Waals surface area contributed by atoms with Gasteiger partial charge in [0, 0.05) is 18.5 Å². The predicted molar refractivity (Wildman–Crippen MR) is 56.7 cm³/mol. The number of ether oxygens (including phenoxy) is 2. The third-order valence-electron chi connectivity index (χ3n) is 1.90. The molecule has 0 aliphatic heterocycles. The van der Waals surface area contributed by atoms with E-state index in [2.05, 4.69) is 14.7 Å². The maximum Gasteiger partial charge on any atom is 0.422 e. The number of rotatable bonds is 4. The van der Waals surface area contributed by atoms with Crippen LogP contribution < -0.4 is 9.47 Å². The van der Waals surface area contributed by atoms with E-state index in [0.29, 0.717) is 11.5 Å². The zero-order valence-electron chi connectivity index (χ0n) is 9.07. The van der Waals surface area contributed by atoms with E-state index in [1.54, 1.807) is 18.5 Å². The van der Waals surface area contributed by atoms with Crippen LogP contribution >= 0.6 is 0 Å². The van der Waals surface area contributed by atoms with E-state index in [9.17, 15) is 13.2 Å². The summed E-state index contributed by atoms with van der Waals surface area (Å²) in [5, 5.41) is 0. The van der Waals surface area contributed by atoms with E-state index in [4.69, 9.17) is 4.74 Å². The van der Waals surface area contributed by atoms with Crippen LogP contribution in [0.5, 0.6) is 17.4 Å². The lowest BCUT2D eigenvalue weighted by atomic mass is 10.4. The molecule has 0 amide bonds. The Morgan fingerprint density at radius 2 is 2.00 bits per heavy atom. The fourth-order valence-corrected chi connectivity index (χ4v) is 1.18. The second-order valence-electron chi connectivity index (χ2n) is 3.38. The lowest BCUT2D eigenvalue weighted by Gasteiger charge is -2.08. The van der Waals surface area contributed by atoms with Gasteiger partial charge in [-0.3, -0.25) is 0 Å². The number of H-pyrrole nitrogens is 1. The first-order valence-electron chi connectivity index (χ1n) is 4.99. The molecule has 0 saturated carbocycles. The number of hydrogen-bond donors (Lipinski definition) is 1. The Kier molecular flexibility index (Phi) is 3.40. The van der Waals surface area contributed by atoms with Gasteiger partial charge in [-0.2, -0.15) is 13.2 Å². The Morgan fingerprint density at radius 3 is 2.56 bits per heavy atom. The van der Waals surface area contributed by atoms with Gasteiger partial charge < -0.3 is 14.5 Å². The van der Waals surface area contributed by atoms with Crippen molar-refractivity contribution in [2.24, 2.45) is 0 Å². The van der Waals surface area contributed by atoms with Gasteiger partial charge in [0.1, 0.15) is 11.5 Å². The Morgan fingerprint density at radius 1 is 1.17 bits per heavy atom. The third kappa shape index (κ3) is 3.69. The molecule has 0 aliphatic carbocycles. The first kappa shape index (κ1) is 12.3. The van der Waals surface area contributed by atoms with Crippen molar-refractivity contribution in [2.75, 3.05) is 6.61 Å². The summed E-state index contributed by atoms with van der Waals surface area (Å²) in [6.45, 7) is -1.36. The molecule has 18 heavy (non-hydrogen) atoms. The standard InChI is InChI=1S/C11H9F3N2O2/c12-11(13,14)7-17-10-2-1-8(6-16-10)18-9-3-4-15-5-9/h1-6,15H,7H2. The van der Waals surface area contributed by atoms with Crippen molar-refractivity contribution in [1.82, 2.24) is 9.97 Å². The Labute approximate surface area is 100 Å². The molecule has 0 aliphatic rings. The van der Waals surface area contributed by atoms with Crippen molar-refractivity contribution in [1.29, 1.82) is 0 Å². The van der Waals surface area contributed by atoms with Gasteiger partial charge >= 0.3 is 6.18 Å². The van der Waals surface area contributed by atoms with Crippen LogP contribution in [0.1, 0.15) is 0 Å². The molecule has 0 aromatic carbocycles. The lowest BCUT2D eigenvalue weighted by molar-refractivity contribution is -0.154. The number of alkyl halides is 3. The molecule has 2 heterocycles. The van der Waals surface area contributed by atoms with Crippen molar-refractivity contribution < 1.29 is 22.6 Å². The fourth-order valence-electron chi connectivity index (χ4n) is 1.18. The van der Waals surface area contributed by atoms with Gasteiger partial charge in [-0.15, -0.1) is 0 Å². The van der Waals surface area contributed by atoms with Crippen molar-refractivity contribution in [2.45, 2.75) is 6.18 Å². The average molecular weight is 258 g/mol. The first-order valence-corrected chi connectivity index (χ1v) is 4.99. The highest BCUT2D eigenvalue weighted by Gasteiger charge is 2.28. The summed E-state index contributed by atoms with van der Waals surface area (Å²) in [5.74, 6) is 0.892. The SMILES string of the molecule is FC(F)(F)COc1ccc(Oc2cc[nH]c2)cn1. The van der Waals surface area contributed by atoms with E-state index >= 15 is 0 Å². The zero-order valence-corrected chi connectivity index (χ0v) is 9.07. The van der Waals surface area contributed by atoms with E-state index in [1.807, 2.05) is 0 Å². The van der Waals surface area contributed by atoms with Crippen LogP contribution in [-0.2, 0) is 0 Å². The van der Waals surface area contributed by atoms with E-state index in [1.165, 1.54) is 18.3 Å². The highest BCUT2D eigenvalue weighted by Crippen LogP contribution is 2.22. The van der Waals surface area contributed by atoms with E-state index in [-0.39, 0.29) is 5.88 Å². The highest BCUT2D eigenvalue weighted by atomic mass is 19.4. The van der Waals surface area contributed by atoms with Gasteiger partial charge in [0.05, 0.1) is 6.20 Å². The molecule has 0 bridgehead atoms. The Bertz CT molecular complexity index is 480. The number of hydrogen-bond acceptors (Lipinski definition) is 3. The maximum absolute atomic E-state index is 11.9. The van der Waals surface area contributed by atoms with Crippen LogP contribution in [0.2, 0.25) is 0 Å². The molecule has 0 unspecified atom stereocenters. The summed E-state index contributed by atoms with van der Waals surface area (Å²) >= 11 is 0. The zero-order chi connectivity index (χ0) is 13.0. The Balaban J connectivity index is 1.93. The average Bonchev–Trinajstić information content (AvgIpc) is 2.80. The molecule has 0 fully saturated rings. The predicted octanol–water partition coefficient (Wildman–Crippen LogP) is 3.14. The van der Waals surface area contributed by atoms with Gasteiger partial charge in [0.2, 0.25) is 5.88 Å². The summed E-state index contributed by atoms with van der Waals surface area (Å²) < 4.78 is 45.5. The van der Waals surface area contributed by atoms with E-state index in [0.717, 1.165) is 0 Å². The lowest BCUT2D eigenvalue weighted by Crippen LogP contribution is -2.19. The largest absolute Gasteiger partial charge is 0.468 e. The second kappa shape index (κ2) is 4.99. The molecule has 1 N–H and O–H groups in total. The van der Waals surface area contributed by atoms with Crippen LogP contribution in [0, 0.1) is 0 Å². The van der Waals surface area contributed by atoms with Crippen LogP contribution in [0.4, 0.5) is 13.2 Å². The molecule has 2 rings (SSSR count). The van der Waals surface area contributed by atoms with Crippen LogP contribution in [0.3, 0.4) is 0 Å². The minimum Gasteiger partial charge on any atom is -0.468 e. The molecule has 7 heteroatoms. The van der Waals surface area contributed by atoms with Crippen molar-refractivity contribution >= 4 is 0 Å². The smallest absolute Gasteiger partial charge is 0.422 e. The molecule has 2 aromatic rings. The quantitative estimate of drug-likeness (QED) is 0.916. The molecule has 2 aromatic heterocycles. The summed E-state index contributed by atoms with van der Waals surface area (Å²) in [6.07, 6.45) is 0.234. The number of halogens is 3. The second-order valence-corrected chi connectivity index (χ2v) is 3.38. The van der Waals surface area contributed by atoms with Crippen molar-refractivity contribution in [3.8, 4) is 17.4 Å². The first-order chi connectivity index (χ1) is 8.53. The topological polar surface area (TPSA) is 47.1 Å². The van der Waals surface area contributed by atoms with Crippen molar-refractivity contribution in [3.63, 3.8) is 0 Å². The maximum atomic E-state index is 11.9. The summed E-state index contributed by atoms with van der Waals surface area (Å²) in [5.41, 5.74) is 0. The normalized spacial score (nSPS) is 11.3. The Hall–Kier alpha value is -2.18. The van der Waals surface area contributed by atoms with Gasteiger partial charge in [0.25, 0.3) is 0 Å². The number of aromatic amines is 1. The fraction of sp³-hybridized carbons (Fsp3) is 0.182. The van der Waals surface area contributed by atoms with Gasteiger partial charge in [-0.05, 0) is 12.1 Å².